The molecule has 1 N–H and O–H groups in total. The van der Waals surface area contributed by atoms with Crippen LogP contribution in [0.3, 0.4) is 0 Å². The standard InChI is InChI=1S/C15H22ClNO4/c1-15(2,3)17-8-10-6-11(16)7-12(19-4)14(10)21-9-13(18)20-5/h6-7,17H,8-9H2,1-5H3. The van der Waals surface area contributed by atoms with Gasteiger partial charge in [0, 0.05) is 28.7 Å². The number of hydrogen-bond acceptors (Lipinski definition) is 5. The molecular weight excluding hydrogens is 294 g/mol. The van der Waals surface area contributed by atoms with E-state index < -0.39 is 5.97 Å². The number of rotatable bonds is 6. The highest BCUT2D eigenvalue weighted by atomic mass is 35.5. The zero-order chi connectivity index (χ0) is 16.0. The maximum Gasteiger partial charge on any atom is 0.343 e. The Morgan fingerprint density at radius 2 is 1.95 bits per heavy atom. The summed E-state index contributed by atoms with van der Waals surface area (Å²) in [5, 5.41) is 3.89. The van der Waals surface area contributed by atoms with Crippen molar-refractivity contribution in [2.24, 2.45) is 0 Å². The third-order valence-electron chi connectivity index (χ3n) is 2.69. The zero-order valence-electron chi connectivity index (χ0n) is 13.1. The van der Waals surface area contributed by atoms with E-state index in [1.54, 1.807) is 12.1 Å². The Hall–Kier alpha value is -1.46. The molecule has 0 atom stereocenters. The quantitative estimate of drug-likeness (QED) is 0.818. The van der Waals surface area contributed by atoms with Gasteiger partial charge in [-0.15, -0.1) is 0 Å². The van der Waals surface area contributed by atoms with Crippen molar-refractivity contribution >= 4 is 17.6 Å². The summed E-state index contributed by atoms with van der Waals surface area (Å²) >= 11 is 6.09. The molecular formula is C15H22ClNO4. The van der Waals surface area contributed by atoms with Gasteiger partial charge in [-0.05, 0) is 26.8 Å². The van der Waals surface area contributed by atoms with Gasteiger partial charge in [-0.3, -0.25) is 0 Å². The fraction of sp³-hybridized carbons (Fsp3) is 0.533. The molecule has 118 valence electrons. The average Bonchev–Trinajstić information content (AvgIpc) is 2.41. The summed E-state index contributed by atoms with van der Waals surface area (Å²) in [4.78, 5) is 11.3. The van der Waals surface area contributed by atoms with Crippen molar-refractivity contribution < 1.29 is 19.0 Å². The van der Waals surface area contributed by atoms with E-state index in [9.17, 15) is 4.79 Å². The lowest BCUT2D eigenvalue weighted by atomic mass is 10.1. The lowest BCUT2D eigenvalue weighted by Crippen LogP contribution is -2.35. The first-order valence-corrected chi connectivity index (χ1v) is 6.95. The molecule has 0 amide bonds. The molecule has 0 saturated heterocycles. The fourth-order valence-corrected chi connectivity index (χ4v) is 1.85. The molecule has 5 nitrogen and oxygen atoms in total. The Balaban J connectivity index is 3.02. The van der Waals surface area contributed by atoms with Gasteiger partial charge in [-0.2, -0.15) is 0 Å². The van der Waals surface area contributed by atoms with Gasteiger partial charge in [0.05, 0.1) is 14.2 Å². The SMILES string of the molecule is COC(=O)COc1c(CNC(C)(C)C)cc(Cl)cc1OC. The highest BCUT2D eigenvalue weighted by Gasteiger charge is 2.17. The highest BCUT2D eigenvalue weighted by Crippen LogP contribution is 2.35. The van der Waals surface area contributed by atoms with E-state index in [0.717, 1.165) is 5.56 Å². The third-order valence-corrected chi connectivity index (χ3v) is 2.91. The largest absolute Gasteiger partial charge is 0.493 e. The fourth-order valence-electron chi connectivity index (χ4n) is 1.62. The Bertz CT molecular complexity index is 497. The van der Waals surface area contributed by atoms with Crippen LogP contribution >= 0.6 is 11.6 Å². The minimum atomic E-state index is -0.457. The van der Waals surface area contributed by atoms with Crippen molar-refractivity contribution in [3.63, 3.8) is 0 Å². The number of hydrogen-bond donors (Lipinski definition) is 1. The maximum atomic E-state index is 11.3. The molecule has 1 aromatic rings. The normalized spacial score (nSPS) is 11.1. The second kappa shape index (κ2) is 7.52. The lowest BCUT2D eigenvalue weighted by Gasteiger charge is -2.22. The minimum Gasteiger partial charge on any atom is -0.493 e. The molecule has 6 heteroatoms. The van der Waals surface area contributed by atoms with E-state index in [0.29, 0.717) is 23.1 Å². The summed E-state index contributed by atoms with van der Waals surface area (Å²) in [5.74, 6) is 0.517. The first kappa shape index (κ1) is 17.6. The van der Waals surface area contributed by atoms with Crippen molar-refractivity contribution in [2.75, 3.05) is 20.8 Å². The summed E-state index contributed by atoms with van der Waals surface area (Å²) < 4.78 is 15.4. The summed E-state index contributed by atoms with van der Waals surface area (Å²) in [6.07, 6.45) is 0. The van der Waals surface area contributed by atoms with Crippen molar-refractivity contribution in [3.05, 3.63) is 22.7 Å². The van der Waals surface area contributed by atoms with Gasteiger partial charge in [0.25, 0.3) is 0 Å². The Morgan fingerprint density at radius 1 is 1.29 bits per heavy atom. The van der Waals surface area contributed by atoms with Crippen LogP contribution in [-0.4, -0.2) is 32.3 Å². The number of halogens is 1. The van der Waals surface area contributed by atoms with Gasteiger partial charge in [-0.1, -0.05) is 11.6 Å². The van der Waals surface area contributed by atoms with E-state index in [1.807, 2.05) is 0 Å². The average molecular weight is 316 g/mol. The molecule has 0 aliphatic rings. The first-order valence-electron chi connectivity index (χ1n) is 6.58. The van der Waals surface area contributed by atoms with Crippen LogP contribution in [-0.2, 0) is 16.1 Å². The van der Waals surface area contributed by atoms with Gasteiger partial charge in [0.15, 0.2) is 18.1 Å². The predicted octanol–water partition coefficient (Wildman–Crippen LogP) is 2.79. The number of benzene rings is 1. The second-order valence-corrected chi connectivity index (χ2v) is 6.00. The number of esters is 1. The molecule has 21 heavy (non-hydrogen) atoms. The molecule has 0 unspecified atom stereocenters. The van der Waals surface area contributed by atoms with Crippen LogP contribution in [0.2, 0.25) is 5.02 Å². The monoisotopic (exact) mass is 315 g/mol. The van der Waals surface area contributed by atoms with E-state index in [4.69, 9.17) is 21.1 Å². The first-order chi connectivity index (χ1) is 9.76. The molecule has 0 aromatic heterocycles. The molecule has 1 rings (SSSR count). The summed E-state index contributed by atoms with van der Waals surface area (Å²) in [6.45, 7) is 6.53. The van der Waals surface area contributed by atoms with Gasteiger partial charge >= 0.3 is 5.97 Å². The lowest BCUT2D eigenvalue weighted by molar-refractivity contribution is -0.142. The van der Waals surface area contributed by atoms with Gasteiger partial charge in [0.2, 0.25) is 0 Å². The van der Waals surface area contributed by atoms with E-state index in [-0.39, 0.29) is 12.1 Å². The number of methoxy groups -OCH3 is 2. The van der Waals surface area contributed by atoms with Crippen molar-refractivity contribution in [1.82, 2.24) is 5.32 Å². The number of ether oxygens (including phenoxy) is 3. The molecule has 0 radical (unpaired) electrons. The predicted molar refractivity (Wildman–Crippen MR) is 82.1 cm³/mol. The topological polar surface area (TPSA) is 56.8 Å². The van der Waals surface area contributed by atoms with Crippen molar-refractivity contribution in [1.29, 1.82) is 0 Å². The molecule has 0 aliphatic carbocycles. The molecule has 1 aromatic carbocycles. The van der Waals surface area contributed by atoms with Gasteiger partial charge in [-0.25, -0.2) is 4.79 Å². The zero-order valence-corrected chi connectivity index (χ0v) is 13.8. The number of carbonyl (C=O) groups is 1. The molecule has 0 fully saturated rings. The van der Waals surface area contributed by atoms with Crippen molar-refractivity contribution in [3.8, 4) is 11.5 Å². The molecule has 0 saturated carbocycles. The highest BCUT2D eigenvalue weighted by molar-refractivity contribution is 6.30. The van der Waals surface area contributed by atoms with Crippen LogP contribution in [0.1, 0.15) is 26.3 Å². The summed E-state index contributed by atoms with van der Waals surface area (Å²) in [6, 6.07) is 3.43. The van der Waals surface area contributed by atoms with E-state index in [2.05, 4.69) is 30.8 Å². The van der Waals surface area contributed by atoms with Crippen LogP contribution in [0.5, 0.6) is 11.5 Å². The smallest absolute Gasteiger partial charge is 0.343 e. The summed E-state index contributed by atoms with van der Waals surface area (Å²) in [7, 11) is 2.84. The van der Waals surface area contributed by atoms with Crippen LogP contribution in [0.4, 0.5) is 0 Å². The molecule has 0 spiro atoms. The maximum absolute atomic E-state index is 11.3. The second-order valence-electron chi connectivity index (χ2n) is 5.56. The summed E-state index contributed by atoms with van der Waals surface area (Å²) in [5.41, 5.74) is 0.757. The molecule has 0 bridgehead atoms. The third kappa shape index (κ3) is 5.81. The van der Waals surface area contributed by atoms with Crippen LogP contribution in [0, 0.1) is 0 Å². The minimum absolute atomic E-state index is 0.0603. The number of carbonyl (C=O) groups excluding carboxylic acids is 1. The van der Waals surface area contributed by atoms with Crippen LogP contribution in [0.15, 0.2) is 12.1 Å². The Morgan fingerprint density at radius 3 is 2.48 bits per heavy atom. The molecule has 0 heterocycles. The number of nitrogens with one attached hydrogen (secondary N) is 1. The van der Waals surface area contributed by atoms with Gasteiger partial charge < -0.3 is 19.5 Å². The van der Waals surface area contributed by atoms with E-state index in [1.165, 1.54) is 14.2 Å². The van der Waals surface area contributed by atoms with E-state index >= 15 is 0 Å². The Kier molecular flexibility index (Phi) is 6.30. The van der Waals surface area contributed by atoms with Crippen LogP contribution < -0.4 is 14.8 Å². The molecule has 0 aliphatic heterocycles. The van der Waals surface area contributed by atoms with Crippen molar-refractivity contribution in [2.45, 2.75) is 32.9 Å². The van der Waals surface area contributed by atoms with Crippen LogP contribution in [0.25, 0.3) is 0 Å². The van der Waals surface area contributed by atoms with Gasteiger partial charge in [0.1, 0.15) is 0 Å². The Labute approximate surface area is 130 Å².